The molecule has 4 N–H and O–H groups in total. The molecule has 12 nitrogen and oxygen atoms in total. The van der Waals surface area contributed by atoms with Crippen LogP contribution in [0.1, 0.15) is 12.8 Å². The van der Waals surface area contributed by atoms with Gasteiger partial charge in [-0.3, -0.25) is 4.79 Å². The van der Waals surface area contributed by atoms with Crippen molar-refractivity contribution in [1.82, 2.24) is 0 Å². The van der Waals surface area contributed by atoms with Gasteiger partial charge in [0.1, 0.15) is 6.29 Å². The molecule has 0 bridgehead atoms. The van der Waals surface area contributed by atoms with E-state index in [2.05, 4.69) is 14.5 Å². The maximum atomic E-state index is 11.5. The lowest BCUT2D eigenvalue weighted by atomic mass is 9.96. The topological polar surface area (TPSA) is 194 Å². The second kappa shape index (κ2) is 6.05. The molecular formula is C10H10O12. The molecule has 0 radical (unpaired) electrons. The van der Waals surface area contributed by atoms with Gasteiger partial charge in [-0.15, -0.1) is 0 Å². The fourth-order valence-electron chi connectivity index (χ4n) is 1.39. The SMILES string of the molecule is O=CCC1(O)CC(=O)OC(O)(C(=O)O)C(O)C(=O)OOC1=O. The van der Waals surface area contributed by atoms with Crippen molar-refractivity contribution in [1.29, 1.82) is 0 Å². The van der Waals surface area contributed by atoms with Crippen molar-refractivity contribution >= 4 is 30.2 Å². The van der Waals surface area contributed by atoms with E-state index in [4.69, 9.17) is 5.11 Å². The smallest absolute Gasteiger partial charge is 0.391 e. The molecule has 1 rings (SSSR count). The maximum absolute atomic E-state index is 11.5. The van der Waals surface area contributed by atoms with Gasteiger partial charge in [-0.25, -0.2) is 24.2 Å². The fraction of sp³-hybridized carbons (Fsp3) is 0.500. The molecule has 1 fully saturated rings. The van der Waals surface area contributed by atoms with Crippen molar-refractivity contribution in [3.63, 3.8) is 0 Å². The van der Waals surface area contributed by atoms with Gasteiger partial charge in [0.25, 0.3) is 0 Å². The van der Waals surface area contributed by atoms with Gasteiger partial charge in [0, 0.05) is 6.42 Å². The van der Waals surface area contributed by atoms with Crippen LogP contribution >= 0.6 is 0 Å². The Morgan fingerprint density at radius 3 is 2.36 bits per heavy atom. The number of carboxylic acids is 1. The van der Waals surface area contributed by atoms with Crippen LogP contribution in [0.4, 0.5) is 0 Å². The van der Waals surface area contributed by atoms with Gasteiger partial charge < -0.3 is 30.0 Å². The van der Waals surface area contributed by atoms with Crippen LogP contribution in [0.15, 0.2) is 0 Å². The zero-order chi connectivity index (χ0) is 17.1. The Morgan fingerprint density at radius 1 is 1.27 bits per heavy atom. The molecule has 0 aliphatic carbocycles. The highest BCUT2D eigenvalue weighted by atomic mass is 17.2. The third-order valence-corrected chi connectivity index (χ3v) is 2.61. The monoisotopic (exact) mass is 322 g/mol. The largest absolute Gasteiger partial charge is 0.476 e. The van der Waals surface area contributed by atoms with E-state index in [1.165, 1.54) is 0 Å². The first kappa shape index (κ1) is 17.5. The van der Waals surface area contributed by atoms with E-state index in [0.717, 1.165) is 0 Å². The lowest BCUT2D eigenvalue weighted by Gasteiger charge is -2.29. The predicted molar refractivity (Wildman–Crippen MR) is 57.1 cm³/mol. The summed E-state index contributed by atoms with van der Waals surface area (Å²) in [6.45, 7) is 0. The average molecular weight is 322 g/mol. The van der Waals surface area contributed by atoms with Crippen LogP contribution in [0.3, 0.4) is 0 Å². The Balaban J connectivity index is 3.22. The van der Waals surface area contributed by atoms with E-state index in [0.29, 0.717) is 0 Å². The van der Waals surface area contributed by atoms with Crippen LogP contribution in [0.5, 0.6) is 0 Å². The van der Waals surface area contributed by atoms with E-state index < -0.39 is 54.2 Å². The minimum Gasteiger partial charge on any atom is -0.476 e. The second-order valence-corrected chi connectivity index (χ2v) is 4.23. The second-order valence-electron chi connectivity index (χ2n) is 4.23. The summed E-state index contributed by atoms with van der Waals surface area (Å²) in [5.41, 5.74) is -2.82. The van der Waals surface area contributed by atoms with Gasteiger partial charge >= 0.3 is 29.7 Å². The summed E-state index contributed by atoms with van der Waals surface area (Å²) >= 11 is 0. The number of aliphatic carboxylic acids is 1. The minimum absolute atomic E-state index is 0.0281. The molecule has 0 saturated carbocycles. The number of rotatable bonds is 3. The zero-order valence-corrected chi connectivity index (χ0v) is 10.6. The molecular weight excluding hydrogens is 312 g/mol. The summed E-state index contributed by atoms with van der Waals surface area (Å²) < 4.78 is 4.03. The van der Waals surface area contributed by atoms with Gasteiger partial charge in [0.2, 0.25) is 6.10 Å². The van der Waals surface area contributed by atoms with Crippen molar-refractivity contribution in [2.24, 2.45) is 0 Å². The van der Waals surface area contributed by atoms with Gasteiger partial charge in [-0.2, -0.15) is 0 Å². The van der Waals surface area contributed by atoms with Crippen molar-refractivity contribution < 1.29 is 58.9 Å². The normalized spacial score (nSPS) is 33.2. The number of cyclic esters (lactones) is 1. The van der Waals surface area contributed by atoms with Crippen LogP contribution in [0, 0.1) is 0 Å². The molecule has 0 aromatic heterocycles. The lowest BCUT2D eigenvalue weighted by Crippen LogP contribution is -2.58. The summed E-state index contributed by atoms with van der Waals surface area (Å²) in [6.07, 6.45) is -5.21. The Labute approximate surface area is 120 Å². The van der Waals surface area contributed by atoms with Crippen molar-refractivity contribution in [2.75, 3.05) is 0 Å². The van der Waals surface area contributed by atoms with E-state index in [1.54, 1.807) is 0 Å². The number of hydrogen-bond acceptors (Lipinski definition) is 11. The summed E-state index contributed by atoms with van der Waals surface area (Å²) in [7, 11) is 0. The standard InChI is InChI=1S/C10H10O12/c11-2-1-9(18)3-4(12)20-10(19,7(15)16)5(13)6(14)21-22-8(9)17/h2,5,13,18-19H,1,3H2,(H,15,16). The molecule has 12 heteroatoms. The summed E-state index contributed by atoms with van der Waals surface area (Å²) in [6, 6.07) is 0. The molecule has 1 saturated heterocycles. The molecule has 122 valence electrons. The third-order valence-electron chi connectivity index (χ3n) is 2.61. The number of carboxylic acid groups (broad SMARTS) is 1. The van der Waals surface area contributed by atoms with Gasteiger partial charge in [0.05, 0.1) is 6.42 Å². The Hall–Kier alpha value is -2.57. The number of ether oxygens (including phenoxy) is 1. The first-order chi connectivity index (χ1) is 10.1. The minimum atomic E-state index is -3.75. The molecule has 22 heavy (non-hydrogen) atoms. The number of aldehydes is 1. The van der Waals surface area contributed by atoms with Crippen molar-refractivity contribution in [2.45, 2.75) is 30.3 Å². The highest BCUT2D eigenvalue weighted by molar-refractivity contribution is 5.92. The zero-order valence-electron chi connectivity index (χ0n) is 10.6. The highest BCUT2D eigenvalue weighted by Crippen LogP contribution is 2.24. The van der Waals surface area contributed by atoms with E-state index >= 15 is 0 Å². The summed E-state index contributed by atoms with van der Waals surface area (Å²) in [4.78, 5) is 63.1. The first-order valence-electron chi connectivity index (χ1n) is 5.51. The molecule has 0 aromatic carbocycles. The Kier molecular flexibility index (Phi) is 4.80. The fourth-order valence-corrected chi connectivity index (χ4v) is 1.39. The molecule has 0 spiro atoms. The number of hydrogen-bond donors (Lipinski definition) is 4. The van der Waals surface area contributed by atoms with E-state index in [9.17, 15) is 39.3 Å². The van der Waals surface area contributed by atoms with Crippen LogP contribution in [-0.4, -0.2) is 68.1 Å². The molecule has 0 aromatic rings. The van der Waals surface area contributed by atoms with E-state index in [-0.39, 0.29) is 6.29 Å². The average Bonchev–Trinajstić information content (AvgIpc) is 2.41. The van der Waals surface area contributed by atoms with Gasteiger partial charge in [0.15, 0.2) is 5.60 Å². The van der Waals surface area contributed by atoms with Crippen molar-refractivity contribution in [3.05, 3.63) is 0 Å². The van der Waals surface area contributed by atoms with Gasteiger partial charge in [-0.05, 0) is 0 Å². The number of carbonyl (C=O) groups is 5. The van der Waals surface area contributed by atoms with Gasteiger partial charge in [-0.1, -0.05) is 0 Å². The molecule has 3 unspecified atom stereocenters. The number of carbonyl (C=O) groups excluding carboxylic acids is 4. The molecule has 0 amide bonds. The van der Waals surface area contributed by atoms with Crippen LogP contribution in [0.25, 0.3) is 0 Å². The number of esters is 1. The summed E-state index contributed by atoms with van der Waals surface area (Å²) in [5, 5.41) is 37.4. The predicted octanol–water partition coefficient (Wildman–Crippen LogP) is -3.61. The molecule has 1 heterocycles. The number of aliphatic hydroxyl groups is 3. The molecule has 1 aliphatic rings. The number of aliphatic hydroxyl groups excluding tert-OH is 1. The van der Waals surface area contributed by atoms with Crippen LogP contribution < -0.4 is 0 Å². The van der Waals surface area contributed by atoms with Crippen molar-refractivity contribution in [3.8, 4) is 0 Å². The van der Waals surface area contributed by atoms with Crippen LogP contribution in [-0.2, 0) is 38.5 Å². The lowest BCUT2D eigenvalue weighted by molar-refractivity contribution is -0.298. The molecule has 3 atom stereocenters. The first-order valence-corrected chi connectivity index (χ1v) is 5.51. The highest BCUT2D eigenvalue weighted by Gasteiger charge is 2.56. The quantitative estimate of drug-likeness (QED) is 0.227. The molecule has 1 aliphatic heterocycles. The third kappa shape index (κ3) is 3.19. The van der Waals surface area contributed by atoms with E-state index in [1.807, 2.05) is 0 Å². The van der Waals surface area contributed by atoms with Crippen LogP contribution in [0.2, 0.25) is 0 Å². The Morgan fingerprint density at radius 2 is 1.86 bits per heavy atom. The maximum Gasteiger partial charge on any atom is 0.391 e. The summed E-state index contributed by atoms with van der Waals surface area (Å²) in [5.74, 6) is -11.5. The Bertz CT molecular complexity index is 526.